The van der Waals surface area contributed by atoms with E-state index in [4.69, 9.17) is 25.4 Å². The van der Waals surface area contributed by atoms with E-state index in [0.29, 0.717) is 29.6 Å². The standard InChI is InChI=1S/C14H20N2O3/c1-17-13-8-11(14(15)16)2-3-12(13)19-9-10-4-6-18-7-5-10/h2-3,8,10H,4-7,9H2,1H3,(H3,15,16). The first-order chi connectivity index (χ1) is 9.20. The third-order valence-corrected chi connectivity index (χ3v) is 3.29. The molecule has 104 valence electrons. The summed E-state index contributed by atoms with van der Waals surface area (Å²) in [5.74, 6) is 1.86. The smallest absolute Gasteiger partial charge is 0.161 e. The minimum absolute atomic E-state index is 0.0225. The van der Waals surface area contributed by atoms with Crippen LogP contribution in [-0.2, 0) is 4.74 Å². The number of hydrogen-bond donors (Lipinski definition) is 2. The largest absolute Gasteiger partial charge is 0.493 e. The van der Waals surface area contributed by atoms with Crippen molar-refractivity contribution in [3.05, 3.63) is 23.8 Å². The maximum Gasteiger partial charge on any atom is 0.161 e. The molecule has 0 aromatic heterocycles. The number of nitrogens with one attached hydrogen (secondary N) is 1. The van der Waals surface area contributed by atoms with Gasteiger partial charge < -0.3 is 19.9 Å². The van der Waals surface area contributed by atoms with Crippen LogP contribution >= 0.6 is 0 Å². The van der Waals surface area contributed by atoms with Crippen LogP contribution in [-0.4, -0.2) is 32.8 Å². The molecule has 19 heavy (non-hydrogen) atoms. The van der Waals surface area contributed by atoms with E-state index in [1.807, 2.05) is 0 Å². The van der Waals surface area contributed by atoms with Crippen molar-refractivity contribution in [3.8, 4) is 11.5 Å². The van der Waals surface area contributed by atoms with Gasteiger partial charge in [-0.15, -0.1) is 0 Å². The fourth-order valence-corrected chi connectivity index (χ4v) is 2.08. The van der Waals surface area contributed by atoms with Crippen molar-refractivity contribution in [1.82, 2.24) is 0 Å². The molecular weight excluding hydrogens is 244 g/mol. The van der Waals surface area contributed by atoms with E-state index in [-0.39, 0.29) is 5.84 Å². The van der Waals surface area contributed by atoms with E-state index in [1.54, 1.807) is 25.3 Å². The van der Waals surface area contributed by atoms with Gasteiger partial charge in [-0.1, -0.05) is 0 Å². The Kier molecular flexibility index (Phi) is 4.63. The summed E-state index contributed by atoms with van der Waals surface area (Å²) in [6.45, 7) is 2.29. The summed E-state index contributed by atoms with van der Waals surface area (Å²) < 4.78 is 16.4. The Morgan fingerprint density at radius 1 is 1.37 bits per heavy atom. The Labute approximate surface area is 113 Å². The number of amidine groups is 1. The molecule has 0 saturated carbocycles. The van der Waals surface area contributed by atoms with Crippen LogP contribution < -0.4 is 15.2 Å². The number of nitrogens with two attached hydrogens (primary N) is 1. The summed E-state index contributed by atoms with van der Waals surface area (Å²) in [4.78, 5) is 0. The van der Waals surface area contributed by atoms with E-state index >= 15 is 0 Å². The van der Waals surface area contributed by atoms with Crippen LogP contribution in [0, 0.1) is 11.3 Å². The van der Waals surface area contributed by atoms with Crippen molar-refractivity contribution in [2.75, 3.05) is 26.9 Å². The molecule has 0 unspecified atom stereocenters. The Hall–Kier alpha value is -1.75. The van der Waals surface area contributed by atoms with Gasteiger partial charge in [0.1, 0.15) is 5.84 Å². The molecule has 0 atom stereocenters. The molecule has 1 fully saturated rings. The molecule has 3 N–H and O–H groups in total. The summed E-state index contributed by atoms with van der Waals surface area (Å²) in [5.41, 5.74) is 6.09. The van der Waals surface area contributed by atoms with E-state index in [1.165, 1.54) is 0 Å². The summed E-state index contributed by atoms with van der Waals surface area (Å²) >= 11 is 0. The Bertz CT molecular complexity index is 442. The molecule has 1 saturated heterocycles. The average molecular weight is 264 g/mol. The quantitative estimate of drug-likeness (QED) is 0.628. The normalized spacial score (nSPS) is 16.1. The van der Waals surface area contributed by atoms with Crippen LogP contribution in [0.2, 0.25) is 0 Å². The number of ether oxygens (including phenoxy) is 3. The zero-order valence-corrected chi connectivity index (χ0v) is 11.1. The average Bonchev–Trinajstić information content (AvgIpc) is 2.45. The minimum Gasteiger partial charge on any atom is -0.493 e. The van der Waals surface area contributed by atoms with Crippen LogP contribution in [0.1, 0.15) is 18.4 Å². The summed E-state index contributed by atoms with van der Waals surface area (Å²) in [7, 11) is 1.58. The van der Waals surface area contributed by atoms with Crippen LogP contribution in [0.25, 0.3) is 0 Å². The molecule has 5 heteroatoms. The second kappa shape index (κ2) is 6.43. The van der Waals surface area contributed by atoms with Gasteiger partial charge in [-0.2, -0.15) is 0 Å². The number of hydrogen-bond acceptors (Lipinski definition) is 4. The first kappa shape index (κ1) is 13.7. The maximum absolute atomic E-state index is 7.41. The van der Waals surface area contributed by atoms with Gasteiger partial charge in [-0.05, 0) is 37.0 Å². The van der Waals surface area contributed by atoms with Gasteiger partial charge in [0.25, 0.3) is 0 Å². The molecule has 0 bridgehead atoms. The van der Waals surface area contributed by atoms with Crippen LogP contribution in [0.4, 0.5) is 0 Å². The Morgan fingerprint density at radius 3 is 2.74 bits per heavy atom. The lowest BCUT2D eigenvalue weighted by Crippen LogP contribution is -2.21. The molecule has 0 aliphatic carbocycles. The Morgan fingerprint density at radius 2 is 2.11 bits per heavy atom. The van der Waals surface area contributed by atoms with Gasteiger partial charge in [0.15, 0.2) is 11.5 Å². The van der Waals surface area contributed by atoms with Crippen molar-refractivity contribution in [2.45, 2.75) is 12.8 Å². The zero-order valence-electron chi connectivity index (χ0n) is 11.1. The monoisotopic (exact) mass is 264 g/mol. The fourth-order valence-electron chi connectivity index (χ4n) is 2.08. The summed E-state index contributed by atoms with van der Waals surface area (Å²) in [6, 6.07) is 5.29. The van der Waals surface area contributed by atoms with Gasteiger partial charge >= 0.3 is 0 Å². The summed E-state index contributed by atoms with van der Waals surface area (Å²) in [6.07, 6.45) is 2.07. The zero-order chi connectivity index (χ0) is 13.7. The molecule has 1 aliphatic rings. The van der Waals surface area contributed by atoms with Crippen molar-refractivity contribution < 1.29 is 14.2 Å². The van der Waals surface area contributed by atoms with E-state index in [0.717, 1.165) is 26.1 Å². The fraction of sp³-hybridized carbons (Fsp3) is 0.500. The van der Waals surface area contributed by atoms with E-state index < -0.39 is 0 Å². The molecule has 1 aliphatic heterocycles. The lowest BCUT2D eigenvalue weighted by Gasteiger charge is -2.22. The highest BCUT2D eigenvalue weighted by Gasteiger charge is 2.15. The van der Waals surface area contributed by atoms with Gasteiger partial charge in [0.05, 0.1) is 13.7 Å². The second-order valence-electron chi connectivity index (χ2n) is 4.65. The minimum atomic E-state index is 0.0225. The van der Waals surface area contributed by atoms with Crippen molar-refractivity contribution in [2.24, 2.45) is 11.7 Å². The molecule has 1 aromatic rings. The van der Waals surface area contributed by atoms with Crippen molar-refractivity contribution >= 4 is 5.84 Å². The predicted octanol–water partition coefficient (Wildman–Crippen LogP) is 1.78. The second-order valence-corrected chi connectivity index (χ2v) is 4.65. The maximum atomic E-state index is 7.41. The van der Waals surface area contributed by atoms with Gasteiger partial charge in [0.2, 0.25) is 0 Å². The molecule has 5 nitrogen and oxygen atoms in total. The topological polar surface area (TPSA) is 77.6 Å². The van der Waals surface area contributed by atoms with Gasteiger partial charge in [0, 0.05) is 18.8 Å². The number of benzene rings is 1. The van der Waals surface area contributed by atoms with Crippen LogP contribution in [0.5, 0.6) is 11.5 Å². The van der Waals surface area contributed by atoms with Crippen LogP contribution in [0.3, 0.4) is 0 Å². The van der Waals surface area contributed by atoms with E-state index in [9.17, 15) is 0 Å². The summed E-state index contributed by atoms with van der Waals surface area (Å²) in [5, 5.41) is 7.41. The lowest BCUT2D eigenvalue weighted by atomic mass is 10.0. The molecule has 0 spiro atoms. The van der Waals surface area contributed by atoms with Crippen molar-refractivity contribution in [1.29, 1.82) is 5.41 Å². The van der Waals surface area contributed by atoms with Crippen LogP contribution in [0.15, 0.2) is 18.2 Å². The van der Waals surface area contributed by atoms with Gasteiger partial charge in [-0.3, -0.25) is 5.41 Å². The van der Waals surface area contributed by atoms with Gasteiger partial charge in [-0.25, -0.2) is 0 Å². The SMILES string of the molecule is COc1cc(C(=N)N)ccc1OCC1CCOCC1. The predicted molar refractivity (Wildman–Crippen MR) is 73.0 cm³/mol. The molecule has 1 aromatic carbocycles. The molecule has 1 heterocycles. The number of rotatable bonds is 5. The number of methoxy groups -OCH3 is 1. The molecule has 2 rings (SSSR count). The third kappa shape index (κ3) is 3.61. The molecule has 0 amide bonds. The van der Waals surface area contributed by atoms with E-state index in [2.05, 4.69) is 0 Å². The first-order valence-electron chi connectivity index (χ1n) is 6.43. The third-order valence-electron chi connectivity index (χ3n) is 3.29. The highest BCUT2D eigenvalue weighted by atomic mass is 16.5. The molecule has 0 radical (unpaired) electrons. The Balaban J connectivity index is 2.00. The number of nitrogen functional groups attached to an aromatic ring is 1. The first-order valence-corrected chi connectivity index (χ1v) is 6.43. The molecular formula is C14H20N2O3. The lowest BCUT2D eigenvalue weighted by molar-refractivity contribution is 0.0493. The highest BCUT2D eigenvalue weighted by Crippen LogP contribution is 2.29. The van der Waals surface area contributed by atoms with Crippen molar-refractivity contribution in [3.63, 3.8) is 0 Å². The highest BCUT2D eigenvalue weighted by molar-refractivity contribution is 5.95.